The number of fused-ring (bicyclic) bond motifs is 1. The number of hydrogen-bond acceptors (Lipinski definition) is 3. The van der Waals surface area contributed by atoms with Crippen LogP contribution in [0, 0.1) is 0 Å². The molecule has 0 saturated heterocycles. The van der Waals surface area contributed by atoms with E-state index >= 15 is 0 Å². The molecule has 1 aliphatic rings. The fourth-order valence-corrected chi connectivity index (χ4v) is 2.77. The number of phenolic OH excluding ortho intramolecular Hbond substituents is 1. The van der Waals surface area contributed by atoms with Gasteiger partial charge in [-0.3, -0.25) is 4.79 Å². The molecule has 2 aromatic rings. The maximum absolute atomic E-state index is 12.7. The first-order valence-electron chi connectivity index (χ1n) is 8.05. The average Bonchev–Trinajstić information content (AvgIpc) is 2.56. The summed E-state index contributed by atoms with van der Waals surface area (Å²) in [6.07, 6.45) is 2.93. The largest absolute Gasteiger partial charge is 0.508 e. The second kappa shape index (κ2) is 6.73. The van der Waals surface area contributed by atoms with Crippen molar-refractivity contribution in [2.75, 3.05) is 18.1 Å². The lowest BCUT2D eigenvalue weighted by atomic mass is 9.98. The molecule has 0 saturated carbocycles. The van der Waals surface area contributed by atoms with Gasteiger partial charge in [0.2, 0.25) is 0 Å². The van der Waals surface area contributed by atoms with Crippen molar-refractivity contribution in [1.82, 2.24) is 0 Å². The molecule has 4 nitrogen and oxygen atoms in total. The van der Waals surface area contributed by atoms with Crippen LogP contribution < -0.4 is 9.64 Å². The van der Waals surface area contributed by atoms with Gasteiger partial charge in [-0.1, -0.05) is 13.3 Å². The van der Waals surface area contributed by atoms with Gasteiger partial charge in [-0.2, -0.15) is 0 Å². The van der Waals surface area contributed by atoms with Crippen molar-refractivity contribution in [3.05, 3.63) is 53.6 Å². The number of ether oxygens (including phenoxy) is 1. The van der Waals surface area contributed by atoms with Crippen LogP contribution in [0.2, 0.25) is 0 Å². The van der Waals surface area contributed by atoms with Crippen LogP contribution in [0.3, 0.4) is 0 Å². The number of anilines is 1. The number of benzene rings is 2. The third kappa shape index (κ3) is 3.31. The second-order valence-electron chi connectivity index (χ2n) is 5.74. The van der Waals surface area contributed by atoms with E-state index in [2.05, 4.69) is 6.92 Å². The first kappa shape index (κ1) is 15.4. The number of unbranched alkanes of at least 4 members (excludes halogenated alkanes) is 1. The molecule has 0 spiro atoms. The van der Waals surface area contributed by atoms with Gasteiger partial charge in [0.05, 0.1) is 6.61 Å². The standard InChI is InChI=1S/C19H21NO3/c1-2-3-12-23-17-8-9-18-14(13-17)10-11-20(19(18)22)15-4-6-16(21)7-5-15/h4-9,13,21H,2-3,10-12H2,1H3. The molecule has 0 aromatic heterocycles. The molecule has 0 fully saturated rings. The number of rotatable bonds is 5. The van der Waals surface area contributed by atoms with Gasteiger partial charge in [0.15, 0.2) is 0 Å². The van der Waals surface area contributed by atoms with E-state index in [1.54, 1.807) is 29.2 Å². The van der Waals surface area contributed by atoms with E-state index in [0.29, 0.717) is 13.2 Å². The summed E-state index contributed by atoms with van der Waals surface area (Å²) in [4.78, 5) is 14.4. The smallest absolute Gasteiger partial charge is 0.258 e. The molecule has 1 N–H and O–H groups in total. The van der Waals surface area contributed by atoms with Crippen LogP contribution in [0.15, 0.2) is 42.5 Å². The molecule has 4 heteroatoms. The summed E-state index contributed by atoms with van der Waals surface area (Å²) in [6.45, 7) is 3.48. The monoisotopic (exact) mass is 311 g/mol. The Balaban J connectivity index is 1.79. The number of aromatic hydroxyl groups is 1. The highest BCUT2D eigenvalue weighted by molar-refractivity contribution is 6.08. The van der Waals surface area contributed by atoms with Gasteiger partial charge in [0, 0.05) is 17.8 Å². The van der Waals surface area contributed by atoms with Gasteiger partial charge < -0.3 is 14.7 Å². The molecule has 0 unspecified atom stereocenters. The minimum absolute atomic E-state index is 0.00273. The quantitative estimate of drug-likeness (QED) is 0.855. The van der Waals surface area contributed by atoms with Crippen LogP contribution in [-0.2, 0) is 6.42 Å². The summed E-state index contributed by atoms with van der Waals surface area (Å²) >= 11 is 0. The molecule has 2 aromatic carbocycles. The predicted octanol–water partition coefficient (Wildman–Crippen LogP) is 3.77. The number of carbonyl (C=O) groups is 1. The van der Waals surface area contributed by atoms with Crippen molar-refractivity contribution in [3.8, 4) is 11.5 Å². The van der Waals surface area contributed by atoms with Gasteiger partial charge in [-0.25, -0.2) is 0 Å². The van der Waals surface area contributed by atoms with E-state index in [9.17, 15) is 9.90 Å². The van der Waals surface area contributed by atoms with Gasteiger partial charge in [-0.05, 0) is 60.9 Å². The molecule has 1 aliphatic heterocycles. The molecule has 0 radical (unpaired) electrons. The van der Waals surface area contributed by atoms with Crippen molar-refractivity contribution < 1.29 is 14.6 Å². The zero-order valence-corrected chi connectivity index (χ0v) is 13.3. The summed E-state index contributed by atoms with van der Waals surface area (Å²) in [5.74, 6) is 1.03. The summed E-state index contributed by atoms with van der Waals surface area (Å²) in [5.41, 5.74) is 2.58. The zero-order valence-electron chi connectivity index (χ0n) is 13.3. The topological polar surface area (TPSA) is 49.8 Å². The number of hydrogen-bond donors (Lipinski definition) is 1. The van der Waals surface area contributed by atoms with Crippen molar-refractivity contribution in [2.24, 2.45) is 0 Å². The molecular weight excluding hydrogens is 290 g/mol. The Morgan fingerprint density at radius 3 is 2.70 bits per heavy atom. The van der Waals surface area contributed by atoms with Gasteiger partial charge in [0.1, 0.15) is 11.5 Å². The lowest BCUT2D eigenvalue weighted by molar-refractivity contribution is 0.0980. The molecule has 23 heavy (non-hydrogen) atoms. The molecule has 0 aliphatic carbocycles. The molecule has 120 valence electrons. The van der Waals surface area contributed by atoms with Crippen molar-refractivity contribution in [2.45, 2.75) is 26.2 Å². The van der Waals surface area contributed by atoms with Crippen molar-refractivity contribution >= 4 is 11.6 Å². The van der Waals surface area contributed by atoms with Gasteiger partial charge in [-0.15, -0.1) is 0 Å². The van der Waals surface area contributed by atoms with E-state index in [-0.39, 0.29) is 11.7 Å². The van der Waals surface area contributed by atoms with E-state index in [1.165, 1.54) is 0 Å². The highest BCUT2D eigenvalue weighted by atomic mass is 16.5. The lowest BCUT2D eigenvalue weighted by Gasteiger charge is -2.29. The lowest BCUT2D eigenvalue weighted by Crippen LogP contribution is -2.37. The molecular formula is C19H21NO3. The van der Waals surface area contributed by atoms with E-state index in [0.717, 1.165) is 41.8 Å². The number of amides is 1. The summed E-state index contributed by atoms with van der Waals surface area (Å²) in [6, 6.07) is 12.4. The zero-order chi connectivity index (χ0) is 16.2. The number of phenols is 1. The predicted molar refractivity (Wildman–Crippen MR) is 90.3 cm³/mol. The summed E-state index contributed by atoms with van der Waals surface area (Å²) in [5, 5.41) is 9.38. The Labute approximate surface area is 136 Å². The van der Waals surface area contributed by atoms with Crippen LogP contribution in [0.1, 0.15) is 35.7 Å². The second-order valence-corrected chi connectivity index (χ2v) is 5.74. The van der Waals surface area contributed by atoms with Crippen molar-refractivity contribution in [1.29, 1.82) is 0 Å². The van der Waals surface area contributed by atoms with Gasteiger partial charge in [0.25, 0.3) is 5.91 Å². The van der Waals surface area contributed by atoms with Crippen molar-refractivity contribution in [3.63, 3.8) is 0 Å². The summed E-state index contributed by atoms with van der Waals surface area (Å²) in [7, 11) is 0. The van der Waals surface area contributed by atoms with E-state index in [4.69, 9.17) is 4.74 Å². The molecule has 1 amide bonds. The molecule has 1 heterocycles. The Kier molecular flexibility index (Phi) is 4.51. The van der Waals surface area contributed by atoms with Crippen LogP contribution >= 0.6 is 0 Å². The van der Waals surface area contributed by atoms with E-state index in [1.807, 2.05) is 18.2 Å². The normalized spacial score (nSPS) is 13.8. The van der Waals surface area contributed by atoms with Gasteiger partial charge >= 0.3 is 0 Å². The Bertz CT molecular complexity index is 694. The highest BCUT2D eigenvalue weighted by Crippen LogP contribution is 2.28. The molecule has 3 rings (SSSR count). The Morgan fingerprint density at radius 1 is 1.17 bits per heavy atom. The fraction of sp³-hybridized carbons (Fsp3) is 0.316. The first-order chi connectivity index (χ1) is 11.2. The van der Waals surface area contributed by atoms with E-state index < -0.39 is 0 Å². The minimum atomic E-state index is -0.00273. The third-order valence-electron chi connectivity index (χ3n) is 4.09. The third-order valence-corrected chi connectivity index (χ3v) is 4.09. The average molecular weight is 311 g/mol. The maximum Gasteiger partial charge on any atom is 0.258 e. The van der Waals surface area contributed by atoms with Crippen LogP contribution in [0.25, 0.3) is 0 Å². The summed E-state index contributed by atoms with van der Waals surface area (Å²) < 4.78 is 5.72. The van der Waals surface area contributed by atoms with Crippen LogP contribution in [0.5, 0.6) is 11.5 Å². The Morgan fingerprint density at radius 2 is 1.96 bits per heavy atom. The first-order valence-corrected chi connectivity index (χ1v) is 8.05. The fourth-order valence-electron chi connectivity index (χ4n) is 2.77. The molecule has 0 bridgehead atoms. The maximum atomic E-state index is 12.7. The Hall–Kier alpha value is -2.49. The minimum Gasteiger partial charge on any atom is -0.508 e. The highest BCUT2D eigenvalue weighted by Gasteiger charge is 2.25. The van der Waals surface area contributed by atoms with Crippen LogP contribution in [-0.4, -0.2) is 24.2 Å². The number of nitrogens with zero attached hydrogens (tertiary/aromatic N) is 1. The molecule has 0 atom stereocenters. The SMILES string of the molecule is CCCCOc1ccc2c(c1)CCN(c1ccc(O)cc1)C2=O. The van der Waals surface area contributed by atoms with Crippen LogP contribution in [0.4, 0.5) is 5.69 Å². The number of carbonyl (C=O) groups excluding carboxylic acids is 1.